The van der Waals surface area contributed by atoms with Gasteiger partial charge in [0.05, 0.1) is 17.3 Å². The van der Waals surface area contributed by atoms with Crippen molar-refractivity contribution in [3.8, 4) is 0 Å². The molecule has 0 spiro atoms. The molecule has 0 bridgehead atoms. The first-order valence-electron chi connectivity index (χ1n) is 5.83. The van der Waals surface area contributed by atoms with Crippen molar-refractivity contribution < 1.29 is 8.42 Å². The zero-order valence-electron chi connectivity index (χ0n) is 11.1. The predicted octanol–water partition coefficient (Wildman–Crippen LogP) is 1.44. The van der Waals surface area contributed by atoms with Crippen LogP contribution < -0.4 is 10.5 Å². The van der Waals surface area contributed by atoms with Crippen LogP contribution in [0.3, 0.4) is 0 Å². The zero-order chi connectivity index (χ0) is 14.9. The number of hydrogen-bond donors (Lipinski definition) is 2. The van der Waals surface area contributed by atoms with Crippen LogP contribution in [0.5, 0.6) is 0 Å². The largest absolute Gasteiger partial charge is 0.398 e. The third-order valence-corrected chi connectivity index (χ3v) is 4.84. The molecular formula is C12H15ClN4O2S. The number of nitrogens with one attached hydrogen (secondary N) is 1. The summed E-state index contributed by atoms with van der Waals surface area (Å²) in [7, 11) is -1.99. The molecule has 108 valence electrons. The highest BCUT2D eigenvalue weighted by Crippen LogP contribution is 2.26. The van der Waals surface area contributed by atoms with Gasteiger partial charge in [0.25, 0.3) is 0 Å². The number of rotatable bonds is 4. The van der Waals surface area contributed by atoms with Gasteiger partial charge in [-0.1, -0.05) is 11.6 Å². The van der Waals surface area contributed by atoms with Crippen LogP contribution in [-0.2, 0) is 23.6 Å². The number of nitrogens with two attached hydrogens (primary N) is 1. The van der Waals surface area contributed by atoms with E-state index in [4.69, 9.17) is 17.3 Å². The lowest BCUT2D eigenvalue weighted by molar-refractivity contribution is 0.577. The van der Waals surface area contributed by atoms with Gasteiger partial charge in [0.2, 0.25) is 10.0 Å². The second kappa shape index (κ2) is 5.43. The molecule has 8 heteroatoms. The summed E-state index contributed by atoms with van der Waals surface area (Å²) in [6.07, 6.45) is 1.60. The molecule has 1 heterocycles. The first-order valence-corrected chi connectivity index (χ1v) is 7.69. The van der Waals surface area contributed by atoms with E-state index in [0.29, 0.717) is 5.69 Å². The highest BCUT2D eigenvalue weighted by Gasteiger charge is 2.19. The number of aryl methyl sites for hydroxylation is 2. The standard InChI is InChI=1S/C12H15ClN4O2S/c1-8-5-10(13)12(6-11(8)14)20(18,19)16-7-9-3-4-15-17(9)2/h3-6,16H,7,14H2,1-2H3. The van der Waals surface area contributed by atoms with E-state index in [9.17, 15) is 8.42 Å². The Bertz CT molecular complexity index is 740. The SMILES string of the molecule is Cc1cc(Cl)c(S(=O)(=O)NCc2ccnn2C)cc1N. The van der Waals surface area contributed by atoms with Crippen molar-refractivity contribution in [3.05, 3.63) is 40.7 Å². The number of aromatic nitrogens is 2. The fraction of sp³-hybridized carbons (Fsp3) is 0.250. The van der Waals surface area contributed by atoms with Crippen LogP contribution in [0.4, 0.5) is 5.69 Å². The van der Waals surface area contributed by atoms with E-state index in [1.165, 1.54) is 12.1 Å². The van der Waals surface area contributed by atoms with Crippen LogP contribution in [0.15, 0.2) is 29.3 Å². The maximum Gasteiger partial charge on any atom is 0.242 e. The summed E-state index contributed by atoms with van der Waals surface area (Å²) in [5.74, 6) is 0. The number of nitrogen functional groups attached to an aromatic ring is 1. The van der Waals surface area contributed by atoms with Crippen LogP contribution in [0.2, 0.25) is 5.02 Å². The second-order valence-corrected chi connectivity index (χ2v) is 6.55. The molecule has 0 aliphatic rings. The van der Waals surface area contributed by atoms with Crippen LogP contribution in [0.1, 0.15) is 11.3 Å². The molecule has 2 rings (SSSR count). The minimum atomic E-state index is -3.73. The molecule has 0 atom stereocenters. The average Bonchev–Trinajstić information content (AvgIpc) is 2.77. The molecule has 0 saturated carbocycles. The number of hydrogen-bond acceptors (Lipinski definition) is 4. The van der Waals surface area contributed by atoms with E-state index in [-0.39, 0.29) is 16.5 Å². The summed E-state index contributed by atoms with van der Waals surface area (Å²) in [5, 5.41) is 4.12. The summed E-state index contributed by atoms with van der Waals surface area (Å²) >= 11 is 5.99. The van der Waals surface area contributed by atoms with E-state index in [0.717, 1.165) is 11.3 Å². The van der Waals surface area contributed by atoms with E-state index in [1.54, 1.807) is 30.9 Å². The van der Waals surface area contributed by atoms with Crippen molar-refractivity contribution in [1.29, 1.82) is 0 Å². The molecule has 1 aromatic heterocycles. The molecule has 0 aliphatic carbocycles. The van der Waals surface area contributed by atoms with Gasteiger partial charge in [-0.2, -0.15) is 5.10 Å². The number of halogens is 1. The maximum atomic E-state index is 12.2. The highest BCUT2D eigenvalue weighted by atomic mass is 35.5. The van der Waals surface area contributed by atoms with Gasteiger partial charge in [-0.05, 0) is 30.7 Å². The van der Waals surface area contributed by atoms with Gasteiger partial charge in [0, 0.05) is 18.9 Å². The van der Waals surface area contributed by atoms with Gasteiger partial charge in [-0.15, -0.1) is 0 Å². The van der Waals surface area contributed by atoms with Crippen LogP contribution in [-0.4, -0.2) is 18.2 Å². The molecule has 2 aromatic rings. The predicted molar refractivity (Wildman–Crippen MR) is 77.8 cm³/mol. The molecule has 0 amide bonds. The average molecular weight is 315 g/mol. The lowest BCUT2D eigenvalue weighted by Crippen LogP contribution is -2.25. The topological polar surface area (TPSA) is 90.0 Å². The highest BCUT2D eigenvalue weighted by molar-refractivity contribution is 7.89. The van der Waals surface area contributed by atoms with E-state index in [2.05, 4.69) is 9.82 Å². The zero-order valence-corrected chi connectivity index (χ0v) is 12.7. The molecule has 1 aromatic carbocycles. The first kappa shape index (κ1) is 14.8. The Morgan fingerprint density at radius 3 is 2.75 bits per heavy atom. The molecule has 0 radical (unpaired) electrons. The Morgan fingerprint density at radius 1 is 1.45 bits per heavy atom. The minimum Gasteiger partial charge on any atom is -0.398 e. The summed E-state index contributed by atoms with van der Waals surface area (Å²) in [5.41, 5.74) is 7.60. The maximum absolute atomic E-state index is 12.2. The second-order valence-electron chi connectivity index (χ2n) is 4.41. The lowest BCUT2D eigenvalue weighted by atomic mass is 10.2. The third-order valence-electron chi connectivity index (χ3n) is 2.98. The van der Waals surface area contributed by atoms with Crippen LogP contribution in [0.25, 0.3) is 0 Å². The van der Waals surface area contributed by atoms with E-state index < -0.39 is 10.0 Å². The van der Waals surface area contributed by atoms with Gasteiger partial charge < -0.3 is 5.73 Å². The van der Waals surface area contributed by atoms with Crippen LogP contribution >= 0.6 is 11.6 Å². The molecule has 20 heavy (non-hydrogen) atoms. The Labute approximate surface area is 122 Å². The molecule has 0 unspecified atom stereocenters. The van der Waals surface area contributed by atoms with Crippen molar-refractivity contribution in [2.24, 2.45) is 7.05 Å². The fourth-order valence-corrected chi connectivity index (χ4v) is 3.31. The van der Waals surface area contributed by atoms with Gasteiger partial charge in [0.15, 0.2) is 0 Å². The smallest absolute Gasteiger partial charge is 0.242 e. The van der Waals surface area contributed by atoms with Crippen molar-refractivity contribution in [3.63, 3.8) is 0 Å². The monoisotopic (exact) mass is 314 g/mol. The Hall–Kier alpha value is -1.57. The number of anilines is 1. The van der Waals surface area contributed by atoms with Gasteiger partial charge in [0.1, 0.15) is 4.90 Å². The minimum absolute atomic E-state index is 0.0237. The van der Waals surface area contributed by atoms with Crippen molar-refractivity contribution >= 4 is 27.3 Å². The first-order chi connectivity index (χ1) is 9.31. The fourth-order valence-electron chi connectivity index (χ4n) is 1.70. The Balaban J connectivity index is 2.27. The van der Waals surface area contributed by atoms with E-state index >= 15 is 0 Å². The van der Waals surface area contributed by atoms with Crippen LogP contribution in [0, 0.1) is 6.92 Å². The molecule has 0 aliphatic heterocycles. The van der Waals surface area contributed by atoms with Gasteiger partial charge in [-0.3, -0.25) is 4.68 Å². The normalized spacial score (nSPS) is 11.8. The number of nitrogens with zero attached hydrogens (tertiary/aromatic N) is 2. The number of benzene rings is 1. The molecule has 3 N–H and O–H groups in total. The Morgan fingerprint density at radius 2 is 2.15 bits per heavy atom. The lowest BCUT2D eigenvalue weighted by Gasteiger charge is -2.10. The molecular weight excluding hydrogens is 300 g/mol. The van der Waals surface area contributed by atoms with Crippen molar-refractivity contribution in [1.82, 2.24) is 14.5 Å². The Kier molecular flexibility index (Phi) is 4.03. The third kappa shape index (κ3) is 2.95. The van der Waals surface area contributed by atoms with Crippen molar-refractivity contribution in [2.75, 3.05) is 5.73 Å². The van der Waals surface area contributed by atoms with E-state index in [1.807, 2.05) is 0 Å². The molecule has 0 saturated heterocycles. The summed E-state index contributed by atoms with van der Waals surface area (Å²) < 4.78 is 28.6. The summed E-state index contributed by atoms with van der Waals surface area (Å²) in [6, 6.07) is 4.63. The quantitative estimate of drug-likeness (QED) is 0.836. The summed E-state index contributed by atoms with van der Waals surface area (Å²) in [4.78, 5) is -0.0237. The summed E-state index contributed by atoms with van der Waals surface area (Å²) in [6.45, 7) is 1.89. The number of sulfonamides is 1. The van der Waals surface area contributed by atoms with Gasteiger partial charge in [-0.25, -0.2) is 13.1 Å². The molecule has 6 nitrogen and oxygen atoms in total. The van der Waals surface area contributed by atoms with Gasteiger partial charge >= 0.3 is 0 Å². The van der Waals surface area contributed by atoms with Crippen molar-refractivity contribution in [2.45, 2.75) is 18.4 Å². The molecule has 0 fully saturated rings.